The minimum atomic E-state index is -0.962. The van der Waals surface area contributed by atoms with Gasteiger partial charge in [-0.3, -0.25) is 0 Å². The molecule has 184 valence electrons. The van der Waals surface area contributed by atoms with E-state index in [1.807, 2.05) is 12.1 Å². The van der Waals surface area contributed by atoms with Crippen molar-refractivity contribution < 1.29 is 14.6 Å². The van der Waals surface area contributed by atoms with E-state index in [2.05, 4.69) is 47.2 Å². The molecule has 6 heteroatoms. The third kappa shape index (κ3) is 5.39. The average Bonchev–Trinajstić information content (AvgIpc) is 2.87. The molecule has 0 radical (unpaired) electrons. The molecular weight excluding hydrogens is 460 g/mol. The van der Waals surface area contributed by atoms with Crippen LogP contribution in [0.15, 0.2) is 66.7 Å². The summed E-state index contributed by atoms with van der Waals surface area (Å²) in [4.78, 5) is 17.6. The molecule has 3 aromatic rings. The van der Waals surface area contributed by atoms with E-state index < -0.39 is 5.60 Å². The van der Waals surface area contributed by atoms with Crippen LogP contribution in [-0.2, 0) is 10.3 Å². The highest BCUT2D eigenvalue weighted by Crippen LogP contribution is 2.44. The number of fused-ring (bicyclic) bond motifs is 1. The largest absolute Gasteiger partial charge is 0.459 e. The first-order valence-corrected chi connectivity index (χ1v) is 12.9. The predicted octanol–water partition coefficient (Wildman–Crippen LogP) is 4.95. The van der Waals surface area contributed by atoms with Crippen molar-refractivity contribution in [1.82, 2.24) is 9.80 Å². The van der Waals surface area contributed by atoms with Gasteiger partial charge in [0.15, 0.2) is 0 Å². The lowest BCUT2D eigenvalue weighted by Gasteiger charge is -2.46. The molecule has 1 N–H and O–H groups in total. The first-order chi connectivity index (χ1) is 16.9. The van der Waals surface area contributed by atoms with Gasteiger partial charge in [-0.1, -0.05) is 48.0 Å². The van der Waals surface area contributed by atoms with Crippen LogP contribution in [0.2, 0.25) is 5.02 Å². The molecule has 1 aliphatic heterocycles. The maximum absolute atomic E-state index is 12.8. The van der Waals surface area contributed by atoms with Gasteiger partial charge in [0.05, 0.1) is 11.2 Å². The summed E-state index contributed by atoms with van der Waals surface area (Å²) in [7, 11) is 2.15. The molecule has 35 heavy (non-hydrogen) atoms. The average molecular weight is 493 g/mol. The molecule has 1 saturated heterocycles. The number of piperazine rings is 1. The van der Waals surface area contributed by atoms with Gasteiger partial charge in [-0.2, -0.15) is 0 Å². The molecule has 2 aliphatic rings. The number of rotatable bonds is 5. The van der Waals surface area contributed by atoms with Crippen molar-refractivity contribution in [3.63, 3.8) is 0 Å². The first-order valence-electron chi connectivity index (χ1n) is 12.5. The summed E-state index contributed by atoms with van der Waals surface area (Å²) in [6.07, 6.45) is 1.59. The predicted molar refractivity (Wildman–Crippen MR) is 140 cm³/mol. The molecule has 1 aliphatic carbocycles. The van der Waals surface area contributed by atoms with Crippen LogP contribution in [-0.4, -0.2) is 66.8 Å². The summed E-state index contributed by atoms with van der Waals surface area (Å²) >= 11 is 5.97. The lowest BCUT2D eigenvalue weighted by atomic mass is 9.70. The number of hydrogen-bond donors (Lipinski definition) is 1. The molecule has 0 amide bonds. The Morgan fingerprint density at radius 1 is 1.03 bits per heavy atom. The number of hydrogen-bond acceptors (Lipinski definition) is 5. The fourth-order valence-corrected chi connectivity index (χ4v) is 5.66. The Kier molecular flexibility index (Phi) is 7.12. The normalized spacial score (nSPS) is 26.0. The standard InChI is InChI=1S/C29H33ClN2O3/c1-31-14-16-32(17-15-31)20-25-19-27(35-28(33)22-7-10-26(30)11-8-22)12-13-29(25,34)24-9-6-21-4-2-3-5-23(21)18-24/h2-11,18,25,27,34H,12-17,19-20H2,1H3. The smallest absolute Gasteiger partial charge is 0.338 e. The summed E-state index contributed by atoms with van der Waals surface area (Å²) in [5, 5.41) is 15.0. The molecule has 1 heterocycles. The van der Waals surface area contributed by atoms with E-state index in [0.29, 0.717) is 29.8 Å². The molecule has 5 rings (SSSR count). The SMILES string of the molecule is CN1CCN(CC2CC(OC(=O)c3ccc(Cl)cc3)CCC2(O)c2ccc3ccccc3c2)CC1. The van der Waals surface area contributed by atoms with Gasteiger partial charge in [-0.15, -0.1) is 0 Å². The van der Waals surface area contributed by atoms with Gasteiger partial charge in [0, 0.05) is 43.7 Å². The number of likely N-dealkylation sites (N-methyl/N-ethyl adjacent to an activating group) is 1. The molecule has 3 atom stereocenters. The second-order valence-corrected chi connectivity index (χ2v) is 10.5. The zero-order chi connectivity index (χ0) is 24.4. The molecule has 3 unspecified atom stereocenters. The van der Waals surface area contributed by atoms with Crippen LogP contribution >= 0.6 is 11.6 Å². The van der Waals surface area contributed by atoms with Gasteiger partial charge >= 0.3 is 5.97 Å². The third-order valence-electron chi connectivity index (χ3n) is 7.75. The first kappa shape index (κ1) is 24.3. The van der Waals surface area contributed by atoms with E-state index in [9.17, 15) is 9.90 Å². The Morgan fingerprint density at radius 3 is 2.49 bits per heavy atom. The Hall–Kier alpha value is -2.44. The van der Waals surface area contributed by atoms with E-state index in [1.165, 1.54) is 5.39 Å². The van der Waals surface area contributed by atoms with Crippen molar-refractivity contribution in [2.24, 2.45) is 5.92 Å². The fourth-order valence-electron chi connectivity index (χ4n) is 5.53. The number of aliphatic hydroxyl groups is 1. The third-order valence-corrected chi connectivity index (χ3v) is 8.00. The number of carbonyl (C=O) groups excluding carboxylic acids is 1. The molecule has 1 saturated carbocycles. The highest BCUT2D eigenvalue weighted by molar-refractivity contribution is 6.30. The Balaban J connectivity index is 1.38. The van der Waals surface area contributed by atoms with Gasteiger partial charge in [0.25, 0.3) is 0 Å². The number of benzene rings is 3. The minimum absolute atomic E-state index is 0.0381. The topological polar surface area (TPSA) is 53.0 Å². The van der Waals surface area contributed by atoms with Gasteiger partial charge in [-0.25, -0.2) is 4.79 Å². The molecule has 2 fully saturated rings. The number of carbonyl (C=O) groups is 1. The molecular formula is C29H33ClN2O3. The van der Waals surface area contributed by atoms with Crippen LogP contribution in [0.1, 0.15) is 35.2 Å². The number of halogens is 1. The van der Waals surface area contributed by atoms with Crippen LogP contribution in [0.5, 0.6) is 0 Å². The maximum atomic E-state index is 12.8. The summed E-state index contributed by atoms with van der Waals surface area (Å²) in [5.41, 5.74) is 0.495. The summed E-state index contributed by atoms with van der Waals surface area (Å²) < 4.78 is 5.93. The Bertz CT molecular complexity index is 1180. The number of esters is 1. The van der Waals surface area contributed by atoms with Crippen LogP contribution in [0.3, 0.4) is 0 Å². The fraction of sp³-hybridized carbons (Fsp3) is 0.414. The maximum Gasteiger partial charge on any atom is 0.338 e. The van der Waals surface area contributed by atoms with Crippen LogP contribution in [0.4, 0.5) is 0 Å². The van der Waals surface area contributed by atoms with Gasteiger partial charge in [0.2, 0.25) is 0 Å². The van der Waals surface area contributed by atoms with Crippen molar-refractivity contribution >= 4 is 28.3 Å². The van der Waals surface area contributed by atoms with E-state index in [4.69, 9.17) is 16.3 Å². The Labute approximate surface area is 212 Å². The van der Waals surface area contributed by atoms with Crippen molar-refractivity contribution in [1.29, 1.82) is 0 Å². The zero-order valence-corrected chi connectivity index (χ0v) is 21.0. The van der Waals surface area contributed by atoms with Gasteiger partial charge < -0.3 is 19.6 Å². The van der Waals surface area contributed by atoms with E-state index >= 15 is 0 Å². The van der Waals surface area contributed by atoms with E-state index in [1.54, 1.807) is 24.3 Å². The van der Waals surface area contributed by atoms with Crippen LogP contribution < -0.4 is 0 Å². The quantitative estimate of drug-likeness (QED) is 0.510. The summed E-state index contributed by atoms with van der Waals surface area (Å²) in [6.45, 7) is 4.80. The lowest BCUT2D eigenvalue weighted by molar-refractivity contribution is -0.100. The van der Waals surface area contributed by atoms with Crippen molar-refractivity contribution in [2.75, 3.05) is 39.8 Å². The number of ether oxygens (including phenoxy) is 1. The summed E-state index contributed by atoms with van der Waals surface area (Å²) in [6, 6.07) is 21.4. The minimum Gasteiger partial charge on any atom is -0.459 e. The van der Waals surface area contributed by atoms with Crippen molar-refractivity contribution in [3.8, 4) is 0 Å². The second-order valence-electron chi connectivity index (χ2n) is 10.1. The van der Waals surface area contributed by atoms with Crippen molar-refractivity contribution in [2.45, 2.75) is 31.0 Å². The summed E-state index contributed by atoms with van der Waals surface area (Å²) in [5.74, 6) is -0.370. The van der Waals surface area contributed by atoms with E-state index in [0.717, 1.165) is 43.7 Å². The molecule has 5 nitrogen and oxygen atoms in total. The lowest BCUT2D eigenvalue weighted by Crippen LogP contribution is -2.52. The highest BCUT2D eigenvalue weighted by Gasteiger charge is 2.45. The second kappa shape index (κ2) is 10.3. The van der Waals surface area contributed by atoms with Gasteiger partial charge in [-0.05, 0) is 73.0 Å². The van der Waals surface area contributed by atoms with Crippen LogP contribution in [0.25, 0.3) is 10.8 Å². The molecule has 0 bridgehead atoms. The molecule has 0 spiro atoms. The van der Waals surface area contributed by atoms with E-state index in [-0.39, 0.29) is 18.0 Å². The monoisotopic (exact) mass is 492 g/mol. The molecule has 0 aromatic heterocycles. The van der Waals surface area contributed by atoms with Crippen LogP contribution in [0, 0.1) is 5.92 Å². The number of nitrogens with zero attached hydrogens (tertiary/aromatic N) is 2. The highest BCUT2D eigenvalue weighted by atomic mass is 35.5. The molecule has 3 aromatic carbocycles. The van der Waals surface area contributed by atoms with Crippen molar-refractivity contribution in [3.05, 3.63) is 82.9 Å². The zero-order valence-electron chi connectivity index (χ0n) is 20.2. The van der Waals surface area contributed by atoms with Gasteiger partial charge in [0.1, 0.15) is 6.10 Å². The Morgan fingerprint density at radius 2 is 1.74 bits per heavy atom.